The molecule has 0 atom stereocenters. The van der Waals surface area contributed by atoms with Crippen LogP contribution in [0.4, 0.5) is 0 Å². The van der Waals surface area contributed by atoms with E-state index in [4.69, 9.17) is 0 Å². The lowest BCUT2D eigenvalue weighted by molar-refractivity contribution is 0.0972. The number of Topliss-reactive ketones (excluding diaryl/α,β-unsaturated/α-hetero) is 1. The molecule has 1 aliphatic carbocycles. The Balaban J connectivity index is 2.02. The van der Waals surface area contributed by atoms with Gasteiger partial charge in [-0.15, -0.1) is 11.3 Å². The molecule has 3 nitrogen and oxygen atoms in total. The van der Waals surface area contributed by atoms with E-state index in [1.165, 1.54) is 11.4 Å². The van der Waals surface area contributed by atoms with Crippen molar-refractivity contribution in [3.8, 4) is 0 Å². The Morgan fingerprint density at radius 2 is 2.35 bits per heavy atom. The van der Waals surface area contributed by atoms with Crippen molar-refractivity contribution in [1.29, 1.82) is 0 Å². The summed E-state index contributed by atoms with van der Waals surface area (Å²) in [5.41, 5.74) is 3.31. The van der Waals surface area contributed by atoms with Gasteiger partial charge in [0.2, 0.25) is 0 Å². The number of hydrogen-bond donors (Lipinski definition) is 0. The van der Waals surface area contributed by atoms with Crippen LogP contribution in [-0.2, 0) is 13.0 Å². The topological polar surface area (TPSA) is 34.9 Å². The van der Waals surface area contributed by atoms with Crippen molar-refractivity contribution in [2.45, 2.75) is 32.7 Å². The van der Waals surface area contributed by atoms with Gasteiger partial charge in [-0.05, 0) is 25.8 Å². The highest BCUT2D eigenvalue weighted by molar-refractivity contribution is 7.09. The minimum Gasteiger partial charge on any atom is -0.341 e. The molecular formula is C13H14N2OS. The van der Waals surface area contributed by atoms with Crippen LogP contribution in [0.3, 0.4) is 0 Å². The van der Waals surface area contributed by atoms with Crippen LogP contribution in [0.2, 0.25) is 0 Å². The lowest BCUT2D eigenvalue weighted by atomic mass is 9.97. The second-order valence-electron chi connectivity index (χ2n) is 4.43. The van der Waals surface area contributed by atoms with Crippen molar-refractivity contribution in [1.82, 2.24) is 9.55 Å². The first-order valence-corrected chi connectivity index (χ1v) is 6.74. The van der Waals surface area contributed by atoms with Gasteiger partial charge >= 0.3 is 0 Å². The molecule has 4 heteroatoms. The number of aromatic nitrogens is 2. The van der Waals surface area contributed by atoms with Gasteiger partial charge in [0, 0.05) is 34.9 Å². The number of carbonyl (C=O) groups excluding carboxylic acids is 1. The average Bonchev–Trinajstić information content (AvgIpc) is 2.91. The lowest BCUT2D eigenvalue weighted by Crippen LogP contribution is -2.14. The van der Waals surface area contributed by atoms with Gasteiger partial charge in [-0.1, -0.05) is 0 Å². The number of nitrogens with zero attached hydrogens (tertiary/aromatic N) is 2. The van der Waals surface area contributed by atoms with Crippen LogP contribution in [0.25, 0.3) is 0 Å². The van der Waals surface area contributed by atoms with Gasteiger partial charge in [0.05, 0.1) is 6.54 Å². The first-order valence-electron chi connectivity index (χ1n) is 5.86. The highest BCUT2D eigenvalue weighted by Crippen LogP contribution is 2.26. The van der Waals surface area contributed by atoms with E-state index in [0.29, 0.717) is 12.2 Å². The maximum Gasteiger partial charge on any atom is 0.164 e. The van der Waals surface area contributed by atoms with Gasteiger partial charge in [0.25, 0.3) is 0 Å². The number of hydrogen-bond acceptors (Lipinski definition) is 3. The van der Waals surface area contributed by atoms with Gasteiger partial charge in [0.1, 0.15) is 5.01 Å². The third-order valence-electron chi connectivity index (χ3n) is 3.31. The maximum absolute atomic E-state index is 11.8. The molecule has 0 saturated carbocycles. The number of fused-ring (bicyclic) bond motifs is 1. The summed E-state index contributed by atoms with van der Waals surface area (Å²) in [6, 6.07) is 2.03. The zero-order chi connectivity index (χ0) is 11.8. The van der Waals surface area contributed by atoms with E-state index in [1.807, 2.05) is 17.6 Å². The van der Waals surface area contributed by atoms with E-state index in [0.717, 1.165) is 30.0 Å². The molecule has 0 unspecified atom stereocenters. The SMILES string of the molecule is Cc1cc2c(n1Cc1nccs1)CCCC2=O. The van der Waals surface area contributed by atoms with Gasteiger partial charge in [0.15, 0.2) is 5.78 Å². The van der Waals surface area contributed by atoms with Crippen molar-refractivity contribution in [3.63, 3.8) is 0 Å². The van der Waals surface area contributed by atoms with Crippen LogP contribution in [0.5, 0.6) is 0 Å². The van der Waals surface area contributed by atoms with Gasteiger partial charge in [-0.2, -0.15) is 0 Å². The molecule has 0 bridgehead atoms. The molecule has 2 heterocycles. The summed E-state index contributed by atoms with van der Waals surface area (Å²) in [5, 5.41) is 3.09. The Kier molecular flexibility index (Phi) is 2.59. The summed E-state index contributed by atoms with van der Waals surface area (Å²) in [7, 11) is 0. The smallest absolute Gasteiger partial charge is 0.164 e. The summed E-state index contributed by atoms with van der Waals surface area (Å²) in [4.78, 5) is 16.1. The molecule has 2 aromatic heterocycles. The van der Waals surface area contributed by atoms with Crippen molar-refractivity contribution in [2.24, 2.45) is 0 Å². The summed E-state index contributed by atoms with van der Waals surface area (Å²) in [6.45, 7) is 2.87. The Morgan fingerprint density at radius 1 is 1.47 bits per heavy atom. The normalized spacial score (nSPS) is 15.0. The molecule has 0 fully saturated rings. The molecular weight excluding hydrogens is 232 g/mol. The third kappa shape index (κ3) is 1.82. The van der Waals surface area contributed by atoms with Crippen molar-refractivity contribution in [2.75, 3.05) is 0 Å². The lowest BCUT2D eigenvalue weighted by Gasteiger charge is -2.15. The van der Waals surface area contributed by atoms with Gasteiger partial charge in [-0.25, -0.2) is 4.98 Å². The zero-order valence-electron chi connectivity index (χ0n) is 9.77. The largest absolute Gasteiger partial charge is 0.341 e. The molecule has 0 amide bonds. The first kappa shape index (κ1) is 10.7. The first-order chi connectivity index (χ1) is 8.25. The quantitative estimate of drug-likeness (QED) is 0.816. The van der Waals surface area contributed by atoms with E-state index in [1.54, 1.807) is 11.3 Å². The van der Waals surface area contributed by atoms with Crippen LogP contribution < -0.4 is 0 Å². The highest BCUT2D eigenvalue weighted by atomic mass is 32.1. The number of thiazole rings is 1. The molecule has 0 saturated heterocycles. The number of rotatable bonds is 2. The predicted molar refractivity (Wildman–Crippen MR) is 67.7 cm³/mol. The standard InChI is InChI=1S/C13H14N2OS/c1-9-7-10-11(3-2-4-12(10)16)15(9)8-13-14-5-6-17-13/h5-7H,2-4,8H2,1H3. The summed E-state index contributed by atoms with van der Waals surface area (Å²) >= 11 is 1.66. The summed E-state index contributed by atoms with van der Waals surface area (Å²) in [6.07, 6.45) is 4.53. The molecule has 0 aliphatic heterocycles. The molecule has 0 aromatic carbocycles. The van der Waals surface area contributed by atoms with Crippen LogP contribution in [-0.4, -0.2) is 15.3 Å². The molecule has 17 heavy (non-hydrogen) atoms. The predicted octanol–water partition coefficient (Wildman–Crippen LogP) is 2.82. The molecule has 0 radical (unpaired) electrons. The molecule has 3 rings (SSSR count). The van der Waals surface area contributed by atoms with Gasteiger partial charge in [-0.3, -0.25) is 4.79 Å². The van der Waals surface area contributed by atoms with E-state index in [2.05, 4.69) is 16.5 Å². The van der Waals surface area contributed by atoms with Crippen molar-refractivity contribution < 1.29 is 4.79 Å². The zero-order valence-corrected chi connectivity index (χ0v) is 10.6. The van der Waals surface area contributed by atoms with Crippen LogP contribution in [0, 0.1) is 6.92 Å². The fourth-order valence-corrected chi connectivity index (χ4v) is 3.08. The Morgan fingerprint density at radius 3 is 3.12 bits per heavy atom. The maximum atomic E-state index is 11.8. The number of carbonyl (C=O) groups is 1. The van der Waals surface area contributed by atoms with E-state index < -0.39 is 0 Å². The highest BCUT2D eigenvalue weighted by Gasteiger charge is 2.22. The second-order valence-corrected chi connectivity index (χ2v) is 5.41. The van der Waals surface area contributed by atoms with E-state index in [-0.39, 0.29) is 0 Å². The average molecular weight is 246 g/mol. The minimum absolute atomic E-state index is 0.298. The molecule has 1 aliphatic rings. The Hall–Kier alpha value is -1.42. The summed E-state index contributed by atoms with van der Waals surface area (Å²) in [5.74, 6) is 0.298. The van der Waals surface area contributed by atoms with Crippen LogP contribution in [0.15, 0.2) is 17.6 Å². The molecule has 2 aromatic rings. The monoisotopic (exact) mass is 246 g/mol. The fraction of sp³-hybridized carbons (Fsp3) is 0.385. The van der Waals surface area contributed by atoms with Gasteiger partial charge < -0.3 is 4.57 Å². The Labute approximate surface area is 104 Å². The number of aryl methyl sites for hydroxylation is 1. The van der Waals surface area contributed by atoms with Crippen molar-refractivity contribution in [3.05, 3.63) is 39.6 Å². The van der Waals surface area contributed by atoms with Crippen LogP contribution >= 0.6 is 11.3 Å². The minimum atomic E-state index is 0.298. The number of ketones is 1. The molecule has 0 N–H and O–H groups in total. The third-order valence-corrected chi connectivity index (χ3v) is 4.07. The second kappa shape index (κ2) is 4.11. The van der Waals surface area contributed by atoms with E-state index >= 15 is 0 Å². The van der Waals surface area contributed by atoms with Crippen molar-refractivity contribution >= 4 is 17.1 Å². The fourth-order valence-electron chi connectivity index (χ4n) is 2.48. The molecule has 0 spiro atoms. The molecule has 88 valence electrons. The Bertz CT molecular complexity index is 554. The van der Waals surface area contributed by atoms with Crippen LogP contribution in [0.1, 0.15) is 39.6 Å². The van der Waals surface area contributed by atoms with E-state index in [9.17, 15) is 4.79 Å². The summed E-state index contributed by atoms with van der Waals surface area (Å²) < 4.78 is 2.24.